The van der Waals surface area contributed by atoms with Gasteiger partial charge in [0.15, 0.2) is 6.49 Å². The van der Waals surface area contributed by atoms with Crippen LogP contribution in [-0.4, -0.2) is 27.6 Å². The summed E-state index contributed by atoms with van der Waals surface area (Å²) in [6, 6.07) is 0. The third kappa shape index (κ3) is 4.66. The van der Waals surface area contributed by atoms with E-state index in [0.29, 0.717) is 6.42 Å². The van der Waals surface area contributed by atoms with Gasteiger partial charge in [0.25, 0.3) is 0 Å². The number of hydrogen-bond donors (Lipinski definition) is 3. The first-order valence-electron chi connectivity index (χ1n) is 2.78. The lowest BCUT2D eigenvalue weighted by molar-refractivity contribution is 0.459. The van der Waals surface area contributed by atoms with Crippen molar-refractivity contribution in [3.05, 3.63) is 0 Å². The second-order valence-electron chi connectivity index (χ2n) is 1.94. The topological polar surface area (TPSA) is 66.5 Å². The minimum Gasteiger partial charge on any atom is -0.344 e. The normalized spacial score (nSPS) is 15.2. The monoisotopic (exact) mass is 201 g/mol. The molecule has 0 rings (SSSR count). The summed E-state index contributed by atoms with van der Waals surface area (Å²) in [4.78, 5) is 17.7. The maximum atomic E-state index is 8.86. The predicted octanol–water partition coefficient (Wildman–Crippen LogP) is 0.318. The molecule has 0 aromatic heterocycles. The standard InChI is InChI=1S/C4H12NO2PS2/c1-10-3-2-4(5)8(6,7)9/h4H,2-3,5H2,1H3,(H2,6,7,9). The van der Waals surface area contributed by atoms with Crippen molar-refractivity contribution in [1.82, 2.24) is 0 Å². The van der Waals surface area contributed by atoms with Crippen LogP contribution in [0.4, 0.5) is 0 Å². The minimum atomic E-state index is -3.19. The van der Waals surface area contributed by atoms with E-state index in [4.69, 9.17) is 15.5 Å². The van der Waals surface area contributed by atoms with Crippen LogP contribution >= 0.6 is 18.3 Å². The van der Waals surface area contributed by atoms with Gasteiger partial charge < -0.3 is 15.5 Å². The molecule has 0 saturated heterocycles. The fourth-order valence-corrected chi connectivity index (χ4v) is 1.85. The molecular formula is C4H12NO2PS2. The molecule has 0 bridgehead atoms. The Labute approximate surface area is 70.2 Å². The fourth-order valence-electron chi connectivity index (χ4n) is 0.407. The highest BCUT2D eigenvalue weighted by Gasteiger charge is 2.17. The van der Waals surface area contributed by atoms with Gasteiger partial charge in [-0.25, -0.2) is 0 Å². The molecule has 0 saturated carbocycles. The highest BCUT2D eigenvalue weighted by molar-refractivity contribution is 8.09. The van der Waals surface area contributed by atoms with E-state index in [2.05, 4.69) is 11.8 Å². The second kappa shape index (κ2) is 4.70. The maximum absolute atomic E-state index is 8.86. The quantitative estimate of drug-likeness (QED) is 0.572. The van der Waals surface area contributed by atoms with Crippen molar-refractivity contribution in [3.63, 3.8) is 0 Å². The SMILES string of the molecule is CSCCC(N)P(O)(O)=S. The minimum absolute atomic E-state index is 0.575. The number of hydrogen-bond acceptors (Lipinski definition) is 3. The summed E-state index contributed by atoms with van der Waals surface area (Å²) in [6.07, 6.45) is 2.51. The Morgan fingerprint density at radius 1 is 1.70 bits per heavy atom. The third-order valence-electron chi connectivity index (χ3n) is 1.05. The molecule has 0 aliphatic carbocycles. The van der Waals surface area contributed by atoms with Gasteiger partial charge in [-0.3, -0.25) is 0 Å². The molecule has 4 N–H and O–H groups in total. The highest BCUT2D eigenvalue weighted by Crippen LogP contribution is 2.40. The molecule has 1 unspecified atom stereocenters. The number of rotatable bonds is 4. The van der Waals surface area contributed by atoms with Crippen LogP contribution in [0.3, 0.4) is 0 Å². The molecule has 0 aliphatic rings. The van der Waals surface area contributed by atoms with Crippen molar-refractivity contribution in [1.29, 1.82) is 0 Å². The lowest BCUT2D eigenvalue weighted by Crippen LogP contribution is -2.20. The van der Waals surface area contributed by atoms with E-state index >= 15 is 0 Å². The lowest BCUT2D eigenvalue weighted by Gasteiger charge is -2.15. The summed E-state index contributed by atoms with van der Waals surface area (Å²) in [7, 11) is 0. The second-order valence-corrected chi connectivity index (χ2v) is 6.38. The van der Waals surface area contributed by atoms with E-state index in [9.17, 15) is 0 Å². The molecule has 0 heterocycles. The van der Waals surface area contributed by atoms with Gasteiger partial charge in [-0.1, -0.05) is 0 Å². The van der Waals surface area contributed by atoms with Crippen LogP contribution < -0.4 is 5.73 Å². The Kier molecular flexibility index (Phi) is 5.11. The average molecular weight is 201 g/mol. The Bertz CT molecular complexity index is 137. The zero-order chi connectivity index (χ0) is 8.20. The molecule has 62 valence electrons. The van der Waals surface area contributed by atoms with Crippen LogP contribution in [-0.2, 0) is 11.8 Å². The van der Waals surface area contributed by atoms with Gasteiger partial charge >= 0.3 is 0 Å². The largest absolute Gasteiger partial charge is 0.344 e. The molecule has 0 aliphatic heterocycles. The Morgan fingerprint density at radius 2 is 2.20 bits per heavy atom. The predicted molar refractivity (Wildman–Crippen MR) is 49.7 cm³/mol. The molecular weight excluding hydrogens is 189 g/mol. The first-order chi connectivity index (χ1) is 4.48. The molecule has 0 aromatic carbocycles. The highest BCUT2D eigenvalue weighted by atomic mass is 32.5. The van der Waals surface area contributed by atoms with Gasteiger partial charge in [0, 0.05) is 0 Å². The van der Waals surface area contributed by atoms with Gasteiger partial charge in [-0.15, -0.1) is 0 Å². The Hall–Kier alpha value is 0.880. The van der Waals surface area contributed by atoms with Gasteiger partial charge in [0.1, 0.15) is 0 Å². The number of thioether (sulfide) groups is 1. The van der Waals surface area contributed by atoms with Gasteiger partial charge in [-0.05, 0) is 30.2 Å². The van der Waals surface area contributed by atoms with Crippen molar-refractivity contribution in [2.45, 2.75) is 12.2 Å². The van der Waals surface area contributed by atoms with Crippen LogP contribution in [0, 0.1) is 0 Å². The molecule has 6 heteroatoms. The first-order valence-corrected chi connectivity index (χ1v) is 6.95. The van der Waals surface area contributed by atoms with Gasteiger partial charge in [0.2, 0.25) is 0 Å². The molecule has 0 amide bonds. The van der Waals surface area contributed by atoms with Crippen LogP contribution in [0.2, 0.25) is 0 Å². The molecule has 0 spiro atoms. The van der Waals surface area contributed by atoms with E-state index < -0.39 is 12.3 Å². The summed E-state index contributed by atoms with van der Waals surface area (Å²) < 4.78 is 0. The fraction of sp³-hybridized carbons (Fsp3) is 1.00. The number of nitrogens with two attached hydrogens (primary N) is 1. The van der Waals surface area contributed by atoms with Crippen molar-refractivity contribution >= 4 is 30.1 Å². The van der Waals surface area contributed by atoms with Gasteiger partial charge in [0.05, 0.1) is 5.78 Å². The lowest BCUT2D eigenvalue weighted by atomic mass is 10.5. The van der Waals surface area contributed by atoms with Crippen LogP contribution in [0.1, 0.15) is 6.42 Å². The van der Waals surface area contributed by atoms with Crippen LogP contribution in [0.5, 0.6) is 0 Å². The summed E-state index contributed by atoms with van der Waals surface area (Å²) in [6.45, 7) is -3.19. The van der Waals surface area contributed by atoms with E-state index in [1.165, 1.54) is 0 Å². The summed E-state index contributed by atoms with van der Waals surface area (Å²) in [5, 5.41) is 0. The Morgan fingerprint density at radius 3 is 2.50 bits per heavy atom. The molecule has 1 atom stereocenters. The van der Waals surface area contributed by atoms with Crippen LogP contribution in [0.25, 0.3) is 0 Å². The molecule has 3 nitrogen and oxygen atoms in total. The van der Waals surface area contributed by atoms with Crippen LogP contribution in [0.15, 0.2) is 0 Å². The summed E-state index contributed by atoms with van der Waals surface area (Å²) in [5.74, 6) is 0.204. The molecule has 10 heavy (non-hydrogen) atoms. The molecule has 0 fully saturated rings. The molecule has 0 aromatic rings. The summed E-state index contributed by atoms with van der Waals surface area (Å²) in [5.41, 5.74) is 5.37. The van der Waals surface area contributed by atoms with E-state index in [0.717, 1.165) is 5.75 Å². The molecule has 0 radical (unpaired) electrons. The zero-order valence-electron chi connectivity index (χ0n) is 5.73. The third-order valence-corrected chi connectivity index (χ3v) is 3.63. The Balaban J connectivity index is 3.63. The van der Waals surface area contributed by atoms with Gasteiger partial charge in [-0.2, -0.15) is 11.8 Å². The summed E-state index contributed by atoms with van der Waals surface area (Å²) >= 11 is 6.02. The van der Waals surface area contributed by atoms with E-state index in [1.54, 1.807) is 11.8 Å². The van der Waals surface area contributed by atoms with E-state index in [-0.39, 0.29) is 0 Å². The van der Waals surface area contributed by atoms with Crippen molar-refractivity contribution in [2.75, 3.05) is 12.0 Å². The van der Waals surface area contributed by atoms with Crippen molar-refractivity contribution < 1.29 is 9.79 Å². The smallest absolute Gasteiger partial charge is 0.200 e. The van der Waals surface area contributed by atoms with Crippen molar-refractivity contribution in [2.24, 2.45) is 5.73 Å². The van der Waals surface area contributed by atoms with Crippen molar-refractivity contribution in [3.8, 4) is 0 Å². The van der Waals surface area contributed by atoms with E-state index in [1.807, 2.05) is 6.26 Å². The first kappa shape index (κ1) is 10.9. The maximum Gasteiger partial charge on any atom is 0.200 e. The zero-order valence-corrected chi connectivity index (χ0v) is 8.25. The average Bonchev–Trinajstić information content (AvgIpc) is 1.80.